The van der Waals surface area contributed by atoms with E-state index in [0.717, 1.165) is 16.6 Å². The quantitative estimate of drug-likeness (QED) is 0.637. The van der Waals surface area contributed by atoms with Gasteiger partial charge in [0, 0.05) is 16.3 Å². The number of thioether (sulfide) groups is 1. The van der Waals surface area contributed by atoms with Crippen molar-refractivity contribution in [3.8, 4) is 0 Å². The summed E-state index contributed by atoms with van der Waals surface area (Å²) in [6.07, 6.45) is 5.40. The Morgan fingerprint density at radius 3 is 2.71 bits per heavy atom. The highest BCUT2D eigenvalue weighted by Gasteiger charge is 2.15. The minimum Gasteiger partial charge on any atom is -0.398 e. The summed E-state index contributed by atoms with van der Waals surface area (Å²) in [5, 5.41) is 0. The van der Waals surface area contributed by atoms with Gasteiger partial charge >= 0.3 is 0 Å². The molecule has 1 aliphatic carbocycles. The molecule has 4 heteroatoms. The van der Waals surface area contributed by atoms with Crippen LogP contribution in [-0.4, -0.2) is 11.7 Å². The van der Waals surface area contributed by atoms with Crippen molar-refractivity contribution in [2.24, 2.45) is 11.7 Å². The maximum absolute atomic E-state index is 11.2. The molecule has 0 bridgehead atoms. The molecule has 1 saturated carbocycles. The van der Waals surface area contributed by atoms with Crippen molar-refractivity contribution in [3.05, 3.63) is 23.8 Å². The Morgan fingerprint density at radius 1 is 1.35 bits per heavy atom. The van der Waals surface area contributed by atoms with Crippen LogP contribution in [0.4, 0.5) is 5.69 Å². The van der Waals surface area contributed by atoms with Crippen LogP contribution < -0.4 is 11.5 Å². The smallest absolute Gasteiger partial charge is 0.250 e. The summed E-state index contributed by atoms with van der Waals surface area (Å²) in [4.78, 5) is 12.3. The van der Waals surface area contributed by atoms with Crippen molar-refractivity contribution < 1.29 is 4.79 Å². The number of hydrogen-bond acceptors (Lipinski definition) is 3. The molecule has 0 saturated heterocycles. The van der Waals surface area contributed by atoms with E-state index < -0.39 is 5.91 Å². The molecule has 0 aromatic heterocycles. The zero-order valence-corrected chi connectivity index (χ0v) is 10.6. The van der Waals surface area contributed by atoms with Gasteiger partial charge < -0.3 is 11.5 Å². The largest absolute Gasteiger partial charge is 0.398 e. The van der Waals surface area contributed by atoms with Gasteiger partial charge in [-0.05, 0) is 37.0 Å². The van der Waals surface area contributed by atoms with E-state index in [2.05, 4.69) is 0 Å². The van der Waals surface area contributed by atoms with Crippen molar-refractivity contribution in [1.29, 1.82) is 0 Å². The number of hydrogen-bond donors (Lipinski definition) is 2. The molecule has 1 aromatic carbocycles. The molecule has 0 radical (unpaired) electrons. The molecule has 3 nitrogen and oxygen atoms in total. The van der Waals surface area contributed by atoms with Crippen molar-refractivity contribution in [2.45, 2.75) is 30.6 Å². The van der Waals surface area contributed by atoms with Gasteiger partial charge in [-0.2, -0.15) is 0 Å². The fourth-order valence-corrected chi connectivity index (χ4v) is 3.36. The van der Waals surface area contributed by atoms with E-state index in [-0.39, 0.29) is 0 Å². The van der Waals surface area contributed by atoms with Gasteiger partial charge in [0.25, 0.3) is 5.91 Å². The summed E-state index contributed by atoms with van der Waals surface area (Å²) in [5.41, 5.74) is 11.9. The molecule has 0 unspecified atom stereocenters. The van der Waals surface area contributed by atoms with E-state index in [1.165, 1.54) is 25.7 Å². The van der Waals surface area contributed by atoms with Crippen LogP contribution in [0.1, 0.15) is 36.0 Å². The number of amides is 1. The average molecular weight is 250 g/mol. The van der Waals surface area contributed by atoms with E-state index in [1.54, 1.807) is 23.9 Å². The fourth-order valence-electron chi connectivity index (χ4n) is 2.23. The van der Waals surface area contributed by atoms with Crippen LogP contribution in [0.5, 0.6) is 0 Å². The van der Waals surface area contributed by atoms with Crippen molar-refractivity contribution in [1.82, 2.24) is 0 Å². The van der Waals surface area contributed by atoms with Crippen molar-refractivity contribution in [3.63, 3.8) is 0 Å². The Morgan fingerprint density at radius 2 is 2.06 bits per heavy atom. The first-order valence-electron chi connectivity index (χ1n) is 5.99. The molecule has 2 rings (SSSR count). The van der Waals surface area contributed by atoms with Crippen LogP contribution in [0.15, 0.2) is 23.1 Å². The first-order chi connectivity index (χ1) is 8.16. The third kappa shape index (κ3) is 3.16. The van der Waals surface area contributed by atoms with Crippen LogP contribution in [0.3, 0.4) is 0 Å². The monoisotopic (exact) mass is 250 g/mol. The number of anilines is 1. The third-order valence-corrected chi connectivity index (χ3v) is 4.48. The molecule has 0 atom stereocenters. The lowest BCUT2D eigenvalue weighted by atomic mass is 10.1. The predicted molar refractivity (Wildman–Crippen MR) is 72.1 cm³/mol. The molecule has 1 aliphatic rings. The van der Waals surface area contributed by atoms with Crippen molar-refractivity contribution in [2.75, 3.05) is 11.5 Å². The lowest BCUT2D eigenvalue weighted by Gasteiger charge is -2.09. The van der Waals surface area contributed by atoms with Gasteiger partial charge in [-0.15, -0.1) is 11.8 Å². The van der Waals surface area contributed by atoms with Gasteiger partial charge in [-0.25, -0.2) is 0 Å². The summed E-state index contributed by atoms with van der Waals surface area (Å²) < 4.78 is 0. The number of rotatable bonds is 4. The maximum Gasteiger partial charge on any atom is 0.250 e. The molecule has 17 heavy (non-hydrogen) atoms. The molecule has 1 aromatic rings. The lowest BCUT2D eigenvalue weighted by Crippen LogP contribution is -2.13. The van der Waals surface area contributed by atoms with Gasteiger partial charge in [-0.1, -0.05) is 12.8 Å². The Kier molecular flexibility index (Phi) is 3.94. The molecule has 4 N–H and O–H groups in total. The Labute approximate surface area is 106 Å². The van der Waals surface area contributed by atoms with E-state index >= 15 is 0 Å². The Balaban J connectivity index is 2.00. The summed E-state index contributed by atoms with van der Waals surface area (Å²) in [6.45, 7) is 0. The van der Waals surface area contributed by atoms with Crippen LogP contribution >= 0.6 is 11.8 Å². The van der Waals surface area contributed by atoms with Gasteiger partial charge in [0.15, 0.2) is 0 Å². The lowest BCUT2D eigenvalue weighted by molar-refractivity contribution is 0.100. The Hall–Kier alpha value is -1.16. The molecule has 1 amide bonds. The molecule has 0 aliphatic heterocycles. The minimum absolute atomic E-state index is 0.432. The molecule has 1 fully saturated rings. The zero-order valence-electron chi connectivity index (χ0n) is 9.82. The fraction of sp³-hybridized carbons (Fsp3) is 0.462. The number of nitrogen functional groups attached to an aromatic ring is 1. The summed E-state index contributed by atoms with van der Waals surface area (Å²) in [7, 11) is 0. The standard InChI is InChI=1S/C13H18N2OS/c14-12-6-5-10(7-11(12)13(15)16)17-8-9-3-1-2-4-9/h5-7,9H,1-4,8,14H2,(H2,15,16). The van der Waals surface area contributed by atoms with Crippen LogP contribution in [0, 0.1) is 5.92 Å². The molecule has 0 heterocycles. The van der Waals surface area contributed by atoms with Gasteiger partial charge in [0.1, 0.15) is 0 Å². The highest BCUT2D eigenvalue weighted by atomic mass is 32.2. The first kappa shape index (κ1) is 12.3. The number of benzene rings is 1. The van der Waals surface area contributed by atoms with E-state index in [4.69, 9.17) is 11.5 Å². The second kappa shape index (κ2) is 5.45. The first-order valence-corrected chi connectivity index (χ1v) is 6.97. The van der Waals surface area contributed by atoms with Crippen LogP contribution in [-0.2, 0) is 0 Å². The second-order valence-electron chi connectivity index (χ2n) is 4.57. The number of carbonyl (C=O) groups excluding carboxylic acids is 1. The van der Waals surface area contributed by atoms with Crippen LogP contribution in [0.25, 0.3) is 0 Å². The van der Waals surface area contributed by atoms with E-state index in [9.17, 15) is 4.79 Å². The van der Waals surface area contributed by atoms with Crippen molar-refractivity contribution >= 4 is 23.4 Å². The molecule has 0 spiro atoms. The van der Waals surface area contributed by atoms with E-state index in [1.807, 2.05) is 6.07 Å². The number of nitrogens with two attached hydrogens (primary N) is 2. The summed E-state index contributed by atoms with van der Waals surface area (Å²) in [5.74, 6) is 1.50. The number of carbonyl (C=O) groups is 1. The Bertz CT molecular complexity index is 414. The molecule has 92 valence electrons. The topological polar surface area (TPSA) is 69.1 Å². The van der Waals surface area contributed by atoms with Gasteiger partial charge in [0.05, 0.1) is 5.56 Å². The normalized spacial score (nSPS) is 16.2. The SMILES string of the molecule is NC(=O)c1cc(SCC2CCCC2)ccc1N. The van der Waals surface area contributed by atoms with Gasteiger partial charge in [0.2, 0.25) is 0 Å². The highest BCUT2D eigenvalue weighted by Crippen LogP contribution is 2.31. The number of primary amides is 1. The van der Waals surface area contributed by atoms with Crippen LogP contribution in [0.2, 0.25) is 0 Å². The van der Waals surface area contributed by atoms with Gasteiger partial charge in [-0.3, -0.25) is 4.79 Å². The summed E-state index contributed by atoms with van der Waals surface area (Å²) in [6, 6.07) is 5.52. The minimum atomic E-state index is -0.453. The molecular weight excluding hydrogens is 232 g/mol. The highest BCUT2D eigenvalue weighted by molar-refractivity contribution is 7.99. The maximum atomic E-state index is 11.2. The zero-order chi connectivity index (χ0) is 12.3. The second-order valence-corrected chi connectivity index (χ2v) is 5.67. The average Bonchev–Trinajstić information content (AvgIpc) is 2.80. The van der Waals surface area contributed by atoms with E-state index in [0.29, 0.717) is 11.3 Å². The third-order valence-electron chi connectivity index (χ3n) is 3.25. The molecular formula is C13H18N2OS. The predicted octanol–water partition coefficient (Wildman–Crippen LogP) is 2.65. The summed E-state index contributed by atoms with van der Waals surface area (Å²) >= 11 is 1.79.